The van der Waals surface area contributed by atoms with Gasteiger partial charge in [-0.2, -0.15) is 0 Å². The number of carbonyl (C=O) groups is 2. The zero-order valence-corrected chi connectivity index (χ0v) is 12.3. The van der Waals surface area contributed by atoms with Gasteiger partial charge in [0.25, 0.3) is 0 Å². The van der Waals surface area contributed by atoms with Crippen molar-refractivity contribution in [2.45, 2.75) is 32.1 Å². The van der Waals surface area contributed by atoms with Crippen LogP contribution in [-0.4, -0.2) is 28.6 Å². The second-order valence-corrected chi connectivity index (χ2v) is 4.84. The van der Waals surface area contributed by atoms with Crippen molar-refractivity contribution in [3.8, 4) is 0 Å². The number of carbonyl (C=O) groups excluding carboxylic acids is 1. The highest BCUT2D eigenvalue weighted by atomic mass is 16.4. The molecule has 0 aliphatic rings. The van der Waals surface area contributed by atoms with Gasteiger partial charge in [0.05, 0.1) is 12.0 Å². The van der Waals surface area contributed by atoms with Crippen LogP contribution in [0.4, 0.5) is 0 Å². The maximum atomic E-state index is 11.2. The van der Waals surface area contributed by atoms with Crippen molar-refractivity contribution in [2.75, 3.05) is 0 Å². The maximum absolute atomic E-state index is 11.2. The largest absolute Gasteiger partial charge is 0.479 e. The van der Waals surface area contributed by atoms with Gasteiger partial charge in [0.2, 0.25) is 0 Å². The van der Waals surface area contributed by atoms with E-state index in [4.69, 9.17) is 28.0 Å². The Morgan fingerprint density at radius 1 is 1.19 bits per heavy atom. The van der Waals surface area contributed by atoms with E-state index in [0.29, 0.717) is 6.54 Å². The molecule has 2 atom stereocenters. The second kappa shape index (κ2) is 8.48. The van der Waals surface area contributed by atoms with Gasteiger partial charge in [0, 0.05) is 6.54 Å². The lowest BCUT2D eigenvalue weighted by atomic mass is 9.89. The first kappa shape index (κ1) is 19.2. The average Bonchev–Trinajstić information content (AvgIpc) is 2.46. The minimum Gasteiger partial charge on any atom is -0.479 e. The Kier molecular flexibility index (Phi) is 7.75. The van der Waals surface area contributed by atoms with E-state index >= 15 is 0 Å². The highest BCUT2D eigenvalue weighted by Gasteiger charge is 2.40. The molecule has 1 aromatic rings. The fourth-order valence-corrected chi connectivity index (χ4v) is 1.43. The van der Waals surface area contributed by atoms with Crippen LogP contribution in [0.25, 0.3) is 0 Å². The Morgan fingerprint density at radius 3 is 1.95 bits per heavy atom. The van der Waals surface area contributed by atoms with E-state index in [1.165, 1.54) is 19.4 Å². The molecule has 0 saturated heterocycles. The number of Topliss-reactive ketones (excluding diaryl/α,β-unsaturated/α-hetero) is 1. The van der Waals surface area contributed by atoms with Gasteiger partial charge >= 0.3 is 5.97 Å². The summed E-state index contributed by atoms with van der Waals surface area (Å²) in [4.78, 5) is 21.8. The van der Waals surface area contributed by atoms with Crippen LogP contribution in [0.5, 0.6) is 0 Å². The molecule has 0 radical (unpaired) electrons. The topological polar surface area (TPSA) is 158 Å². The van der Waals surface area contributed by atoms with Crippen molar-refractivity contribution < 1.29 is 14.7 Å². The molecular formula is C14H24N4O3. The van der Waals surface area contributed by atoms with Crippen LogP contribution in [0.15, 0.2) is 30.3 Å². The van der Waals surface area contributed by atoms with Crippen molar-refractivity contribution in [3.05, 3.63) is 35.9 Å². The van der Waals surface area contributed by atoms with Crippen LogP contribution >= 0.6 is 0 Å². The smallest absolute Gasteiger partial charge is 0.339 e. The Balaban J connectivity index is 0.000000423. The number of aliphatic carboxylic acids is 1. The van der Waals surface area contributed by atoms with Crippen molar-refractivity contribution >= 4 is 11.8 Å². The highest BCUT2D eigenvalue weighted by Crippen LogP contribution is 2.11. The molecule has 0 bridgehead atoms. The van der Waals surface area contributed by atoms with E-state index in [0.717, 1.165) is 0 Å². The number of ketones is 1. The van der Waals surface area contributed by atoms with Crippen LogP contribution < -0.4 is 22.9 Å². The third kappa shape index (κ3) is 6.01. The fourth-order valence-electron chi connectivity index (χ4n) is 1.43. The lowest BCUT2D eigenvalue weighted by Crippen LogP contribution is -2.64. The third-order valence-electron chi connectivity index (χ3n) is 3.04. The Morgan fingerprint density at radius 2 is 1.67 bits per heavy atom. The van der Waals surface area contributed by atoms with Gasteiger partial charge in [-0.3, -0.25) is 4.79 Å². The minimum atomic E-state index is -2.05. The van der Waals surface area contributed by atoms with E-state index < -0.39 is 29.4 Å². The summed E-state index contributed by atoms with van der Waals surface area (Å²) >= 11 is 0. The molecule has 1 rings (SSSR count). The summed E-state index contributed by atoms with van der Waals surface area (Å²) in [6, 6.07) is 9.23. The van der Waals surface area contributed by atoms with Crippen LogP contribution in [0.2, 0.25) is 0 Å². The number of nitrogens with two attached hydrogens (primary N) is 4. The average molecular weight is 296 g/mol. The summed E-state index contributed by atoms with van der Waals surface area (Å²) in [7, 11) is 0. The van der Waals surface area contributed by atoms with Gasteiger partial charge in [-0.05, 0) is 12.5 Å². The molecule has 7 nitrogen and oxygen atoms in total. The van der Waals surface area contributed by atoms with Gasteiger partial charge in [-0.25, -0.2) is 4.79 Å². The fraction of sp³-hybridized carbons (Fsp3) is 0.429. The molecule has 21 heavy (non-hydrogen) atoms. The van der Waals surface area contributed by atoms with Gasteiger partial charge in [0.1, 0.15) is 0 Å². The molecule has 2 unspecified atom stereocenters. The standard InChI is InChI=1S/C7H15N3O3.C7H9N/c1-3(5(11)4(2)8)7(9,10)6(12)13;8-6-7-4-2-1-3-5-7/h3-4H,8-10H2,1-2H3,(H,12,13);1-5H,6,8H2. The van der Waals surface area contributed by atoms with E-state index in [9.17, 15) is 9.59 Å². The zero-order valence-electron chi connectivity index (χ0n) is 12.3. The van der Waals surface area contributed by atoms with Crippen molar-refractivity contribution in [3.63, 3.8) is 0 Å². The molecule has 0 aromatic heterocycles. The molecular weight excluding hydrogens is 272 g/mol. The molecule has 9 N–H and O–H groups in total. The summed E-state index contributed by atoms with van der Waals surface area (Å²) in [6.07, 6.45) is 0. The normalized spacial score (nSPS) is 13.6. The monoisotopic (exact) mass is 296 g/mol. The van der Waals surface area contributed by atoms with Gasteiger partial charge in [-0.1, -0.05) is 37.3 Å². The predicted molar refractivity (Wildman–Crippen MR) is 80.9 cm³/mol. The number of hydrogen-bond acceptors (Lipinski definition) is 6. The van der Waals surface area contributed by atoms with E-state index in [1.807, 2.05) is 30.3 Å². The van der Waals surface area contributed by atoms with Crippen molar-refractivity contribution in [2.24, 2.45) is 28.9 Å². The van der Waals surface area contributed by atoms with E-state index in [2.05, 4.69) is 0 Å². The number of benzene rings is 1. The summed E-state index contributed by atoms with van der Waals surface area (Å²) < 4.78 is 0. The first-order chi connectivity index (χ1) is 9.64. The molecule has 0 heterocycles. The molecule has 7 heteroatoms. The lowest BCUT2D eigenvalue weighted by Gasteiger charge is -2.26. The summed E-state index contributed by atoms with van der Waals surface area (Å²) in [5.41, 5.74) is 20.3. The Bertz CT molecular complexity index is 461. The SMILES string of the molecule is CC(N)C(=O)C(C)C(N)(N)C(=O)O.NCc1ccccc1. The molecule has 0 fully saturated rings. The van der Waals surface area contributed by atoms with E-state index in [-0.39, 0.29) is 0 Å². The minimum absolute atomic E-state index is 0.465. The van der Waals surface area contributed by atoms with Gasteiger partial charge in [0.15, 0.2) is 11.4 Å². The van der Waals surface area contributed by atoms with Crippen molar-refractivity contribution in [1.29, 1.82) is 0 Å². The van der Waals surface area contributed by atoms with Crippen LogP contribution in [0.3, 0.4) is 0 Å². The van der Waals surface area contributed by atoms with Crippen LogP contribution in [0, 0.1) is 5.92 Å². The predicted octanol–water partition coefficient (Wildman–Crippen LogP) is -0.618. The molecule has 0 saturated carbocycles. The maximum Gasteiger partial charge on any atom is 0.339 e. The van der Waals surface area contributed by atoms with Crippen molar-refractivity contribution in [1.82, 2.24) is 0 Å². The first-order valence-corrected chi connectivity index (χ1v) is 6.49. The first-order valence-electron chi connectivity index (χ1n) is 6.49. The van der Waals surface area contributed by atoms with Gasteiger partial charge in [-0.15, -0.1) is 0 Å². The Labute approximate surface area is 124 Å². The van der Waals surface area contributed by atoms with Gasteiger partial charge < -0.3 is 28.0 Å². The summed E-state index contributed by atoms with van der Waals surface area (Å²) in [5.74, 6) is -2.90. The van der Waals surface area contributed by atoms with Crippen LogP contribution in [0.1, 0.15) is 19.4 Å². The number of carboxylic acids is 1. The second-order valence-electron chi connectivity index (χ2n) is 4.84. The third-order valence-corrected chi connectivity index (χ3v) is 3.04. The molecule has 0 amide bonds. The highest BCUT2D eigenvalue weighted by molar-refractivity contribution is 5.92. The molecule has 0 aliphatic heterocycles. The molecule has 118 valence electrons. The number of rotatable bonds is 5. The summed E-state index contributed by atoms with van der Waals surface area (Å²) in [5, 5.41) is 8.60. The molecule has 1 aromatic carbocycles. The lowest BCUT2D eigenvalue weighted by molar-refractivity contribution is -0.148. The number of hydrogen-bond donors (Lipinski definition) is 5. The zero-order chi connectivity index (χ0) is 16.6. The quantitative estimate of drug-likeness (QED) is 0.453. The van der Waals surface area contributed by atoms with Crippen LogP contribution in [-0.2, 0) is 16.1 Å². The number of carboxylic acid groups (broad SMARTS) is 1. The molecule has 0 aliphatic carbocycles. The Hall–Kier alpha value is -1.80. The molecule has 0 spiro atoms. The summed E-state index contributed by atoms with van der Waals surface area (Å²) in [6.45, 7) is 3.44. The van der Waals surface area contributed by atoms with E-state index in [1.54, 1.807) is 0 Å².